The Kier molecular flexibility index (Phi) is 6.26. The molecule has 1 heterocycles. The number of aromatic hydroxyl groups is 1. The maximum absolute atomic E-state index is 9.78. The van der Waals surface area contributed by atoms with E-state index >= 15 is 0 Å². The minimum atomic E-state index is -0.553. The molecule has 0 radical (unpaired) electrons. The summed E-state index contributed by atoms with van der Waals surface area (Å²) in [5, 5.41) is 22.5. The SMILES string of the molecule is Oc1ccccc1CNCC(O)COCC1CCCO1. The molecule has 1 fully saturated rings. The molecule has 0 amide bonds. The van der Waals surface area contributed by atoms with Crippen LogP contribution >= 0.6 is 0 Å². The molecule has 20 heavy (non-hydrogen) atoms. The molecule has 0 saturated carbocycles. The number of ether oxygens (including phenoxy) is 2. The van der Waals surface area contributed by atoms with E-state index in [9.17, 15) is 10.2 Å². The third-order valence-corrected chi connectivity index (χ3v) is 3.33. The van der Waals surface area contributed by atoms with Crippen LogP contribution in [0, 0.1) is 0 Å². The Morgan fingerprint density at radius 2 is 2.25 bits per heavy atom. The maximum atomic E-state index is 9.78. The molecule has 0 spiro atoms. The van der Waals surface area contributed by atoms with Gasteiger partial charge in [0.05, 0.1) is 25.4 Å². The fourth-order valence-electron chi connectivity index (χ4n) is 2.20. The largest absolute Gasteiger partial charge is 0.508 e. The zero-order valence-electron chi connectivity index (χ0n) is 11.6. The number of rotatable bonds is 8. The van der Waals surface area contributed by atoms with Crippen LogP contribution in [0.5, 0.6) is 5.75 Å². The number of phenols is 1. The molecular weight excluding hydrogens is 258 g/mol. The molecule has 1 aliphatic rings. The molecular formula is C15H23NO4. The molecule has 1 aromatic rings. The van der Waals surface area contributed by atoms with E-state index in [1.54, 1.807) is 12.1 Å². The molecule has 5 nitrogen and oxygen atoms in total. The van der Waals surface area contributed by atoms with E-state index in [1.807, 2.05) is 12.1 Å². The van der Waals surface area contributed by atoms with Crippen molar-refractivity contribution in [3.8, 4) is 5.75 Å². The third-order valence-electron chi connectivity index (χ3n) is 3.33. The van der Waals surface area contributed by atoms with Crippen molar-refractivity contribution in [1.29, 1.82) is 0 Å². The predicted molar refractivity (Wildman–Crippen MR) is 75.6 cm³/mol. The van der Waals surface area contributed by atoms with Gasteiger partial charge in [0.1, 0.15) is 5.75 Å². The van der Waals surface area contributed by atoms with Crippen molar-refractivity contribution in [2.75, 3.05) is 26.4 Å². The highest BCUT2D eigenvalue weighted by atomic mass is 16.5. The van der Waals surface area contributed by atoms with Gasteiger partial charge >= 0.3 is 0 Å². The fraction of sp³-hybridized carbons (Fsp3) is 0.600. The lowest BCUT2D eigenvalue weighted by Gasteiger charge is -2.15. The fourth-order valence-corrected chi connectivity index (χ4v) is 2.20. The zero-order chi connectivity index (χ0) is 14.2. The van der Waals surface area contributed by atoms with Crippen molar-refractivity contribution in [2.45, 2.75) is 31.6 Å². The standard InChI is InChI=1S/C15H23NO4/c17-13(10-19-11-14-5-3-7-20-14)9-16-8-12-4-1-2-6-15(12)18/h1-2,4,6,13-14,16-18H,3,5,7-11H2. The number of nitrogens with one attached hydrogen (secondary N) is 1. The molecule has 1 aliphatic heterocycles. The van der Waals surface area contributed by atoms with Gasteiger partial charge in [0.15, 0.2) is 0 Å². The first-order valence-electron chi connectivity index (χ1n) is 7.10. The monoisotopic (exact) mass is 281 g/mol. The average molecular weight is 281 g/mol. The Morgan fingerprint density at radius 3 is 3.00 bits per heavy atom. The summed E-state index contributed by atoms with van der Waals surface area (Å²) in [5.41, 5.74) is 0.819. The Labute approximate surface area is 119 Å². The van der Waals surface area contributed by atoms with Crippen LogP contribution in [0.15, 0.2) is 24.3 Å². The lowest BCUT2D eigenvalue weighted by atomic mass is 10.2. The molecule has 1 saturated heterocycles. The van der Waals surface area contributed by atoms with Gasteiger partial charge in [-0.1, -0.05) is 18.2 Å². The number of para-hydroxylation sites is 1. The van der Waals surface area contributed by atoms with E-state index in [0.717, 1.165) is 25.0 Å². The van der Waals surface area contributed by atoms with Gasteiger partial charge in [-0.15, -0.1) is 0 Å². The van der Waals surface area contributed by atoms with Crippen molar-refractivity contribution in [3.63, 3.8) is 0 Å². The van der Waals surface area contributed by atoms with Crippen LogP contribution in [0.4, 0.5) is 0 Å². The first-order valence-corrected chi connectivity index (χ1v) is 7.10. The molecule has 2 rings (SSSR count). The Morgan fingerprint density at radius 1 is 1.40 bits per heavy atom. The first kappa shape index (κ1) is 15.3. The van der Waals surface area contributed by atoms with E-state index in [-0.39, 0.29) is 11.9 Å². The van der Waals surface area contributed by atoms with Gasteiger partial charge in [0.25, 0.3) is 0 Å². The van der Waals surface area contributed by atoms with Crippen molar-refractivity contribution in [3.05, 3.63) is 29.8 Å². The van der Waals surface area contributed by atoms with Crippen LogP contribution in [0.2, 0.25) is 0 Å². The van der Waals surface area contributed by atoms with Crippen LogP contribution in [-0.2, 0) is 16.0 Å². The minimum absolute atomic E-state index is 0.191. The molecule has 5 heteroatoms. The molecule has 2 atom stereocenters. The van der Waals surface area contributed by atoms with Gasteiger partial charge in [0.2, 0.25) is 0 Å². The second kappa shape index (κ2) is 8.21. The number of phenolic OH excluding ortho intramolecular Hbond substituents is 1. The molecule has 3 N–H and O–H groups in total. The first-order chi connectivity index (χ1) is 9.75. The van der Waals surface area contributed by atoms with Crippen LogP contribution in [0.3, 0.4) is 0 Å². The summed E-state index contributed by atoms with van der Waals surface area (Å²) < 4.78 is 10.9. The van der Waals surface area contributed by atoms with E-state index < -0.39 is 6.10 Å². The Balaban J connectivity index is 1.55. The highest BCUT2D eigenvalue weighted by molar-refractivity contribution is 5.31. The summed E-state index contributed by atoms with van der Waals surface area (Å²) in [6.07, 6.45) is 1.78. The Bertz CT molecular complexity index is 393. The van der Waals surface area contributed by atoms with E-state index in [4.69, 9.17) is 9.47 Å². The average Bonchev–Trinajstić information content (AvgIpc) is 2.94. The highest BCUT2D eigenvalue weighted by Gasteiger charge is 2.16. The van der Waals surface area contributed by atoms with Crippen LogP contribution in [0.1, 0.15) is 18.4 Å². The van der Waals surface area contributed by atoms with Crippen molar-refractivity contribution >= 4 is 0 Å². The summed E-state index contributed by atoms with van der Waals surface area (Å²) in [6, 6.07) is 7.16. The summed E-state index contributed by atoms with van der Waals surface area (Å²) in [6.45, 7) is 2.62. The van der Waals surface area contributed by atoms with Gasteiger partial charge < -0.3 is 25.0 Å². The number of hydrogen-bond acceptors (Lipinski definition) is 5. The van der Waals surface area contributed by atoms with Crippen LogP contribution in [0.25, 0.3) is 0 Å². The second-order valence-corrected chi connectivity index (χ2v) is 5.09. The minimum Gasteiger partial charge on any atom is -0.508 e. The Hall–Kier alpha value is -1.14. The molecule has 0 aromatic heterocycles. The van der Waals surface area contributed by atoms with Crippen LogP contribution < -0.4 is 5.32 Å². The van der Waals surface area contributed by atoms with Crippen molar-refractivity contribution < 1.29 is 19.7 Å². The molecule has 2 unspecified atom stereocenters. The smallest absolute Gasteiger partial charge is 0.120 e. The molecule has 112 valence electrons. The van der Waals surface area contributed by atoms with Gasteiger partial charge in [-0.05, 0) is 18.9 Å². The quantitative estimate of drug-likeness (QED) is 0.664. The second-order valence-electron chi connectivity index (χ2n) is 5.09. The van der Waals surface area contributed by atoms with Crippen molar-refractivity contribution in [1.82, 2.24) is 5.32 Å². The van der Waals surface area contributed by atoms with Crippen LogP contribution in [-0.4, -0.2) is 48.8 Å². The van der Waals surface area contributed by atoms with E-state index in [0.29, 0.717) is 26.3 Å². The third kappa shape index (κ3) is 5.09. The molecule has 1 aromatic carbocycles. The zero-order valence-corrected chi connectivity index (χ0v) is 11.6. The van der Waals surface area contributed by atoms with Gasteiger partial charge in [0, 0.05) is 25.3 Å². The maximum Gasteiger partial charge on any atom is 0.120 e. The molecule has 0 bridgehead atoms. The summed E-state index contributed by atoms with van der Waals surface area (Å²) in [7, 11) is 0. The topological polar surface area (TPSA) is 71.0 Å². The van der Waals surface area contributed by atoms with Gasteiger partial charge in [-0.25, -0.2) is 0 Å². The number of aliphatic hydroxyl groups is 1. The number of aliphatic hydroxyl groups excluding tert-OH is 1. The number of benzene rings is 1. The number of hydrogen-bond donors (Lipinski definition) is 3. The summed E-state index contributed by atoms with van der Waals surface area (Å²) >= 11 is 0. The highest BCUT2D eigenvalue weighted by Crippen LogP contribution is 2.14. The van der Waals surface area contributed by atoms with E-state index in [2.05, 4.69) is 5.32 Å². The normalized spacial score (nSPS) is 20.1. The lowest BCUT2D eigenvalue weighted by Crippen LogP contribution is -2.31. The lowest BCUT2D eigenvalue weighted by molar-refractivity contribution is -0.0164. The van der Waals surface area contributed by atoms with Gasteiger partial charge in [-0.3, -0.25) is 0 Å². The summed E-state index contributed by atoms with van der Waals surface area (Å²) in [5.74, 6) is 0.268. The summed E-state index contributed by atoms with van der Waals surface area (Å²) in [4.78, 5) is 0. The predicted octanol–water partition coefficient (Wildman–Crippen LogP) is 1.04. The van der Waals surface area contributed by atoms with E-state index in [1.165, 1.54) is 0 Å². The molecule has 0 aliphatic carbocycles. The van der Waals surface area contributed by atoms with Crippen molar-refractivity contribution in [2.24, 2.45) is 0 Å². The van der Waals surface area contributed by atoms with Gasteiger partial charge in [-0.2, -0.15) is 0 Å².